The van der Waals surface area contributed by atoms with Gasteiger partial charge in [-0.1, -0.05) is 0 Å². The molecule has 2 rings (SSSR count). The summed E-state index contributed by atoms with van der Waals surface area (Å²) in [4.78, 5) is 13.3. The molecule has 0 N–H and O–H groups in total. The molecule has 5 heteroatoms. The highest BCUT2D eigenvalue weighted by molar-refractivity contribution is 7.81. The van der Waals surface area contributed by atoms with E-state index >= 15 is 0 Å². The lowest BCUT2D eigenvalue weighted by Crippen LogP contribution is -2.24. The van der Waals surface area contributed by atoms with Crippen LogP contribution < -0.4 is 0 Å². The Hall–Kier alpha value is -0.970. The molecule has 0 aliphatic carbocycles. The van der Waals surface area contributed by atoms with Crippen LogP contribution in [0.1, 0.15) is 17.8 Å². The van der Waals surface area contributed by atoms with E-state index in [-0.39, 0.29) is 11.2 Å². The van der Waals surface area contributed by atoms with E-state index in [0.29, 0.717) is 13.0 Å². The molecule has 2 heterocycles. The molecule has 1 aliphatic rings. The first-order valence-corrected chi connectivity index (χ1v) is 5.53. The van der Waals surface area contributed by atoms with Gasteiger partial charge in [0.2, 0.25) is 5.91 Å². The number of hydrogen-bond donors (Lipinski definition) is 1. The molecule has 82 valence electrons. The van der Waals surface area contributed by atoms with Crippen LogP contribution in [-0.4, -0.2) is 32.4 Å². The van der Waals surface area contributed by atoms with Crippen LogP contribution >= 0.6 is 12.6 Å². The lowest BCUT2D eigenvalue weighted by Gasteiger charge is -2.13. The van der Waals surface area contributed by atoms with Gasteiger partial charge >= 0.3 is 0 Å². The highest BCUT2D eigenvalue weighted by Gasteiger charge is 2.27. The maximum Gasteiger partial charge on any atom is 0.224 e. The van der Waals surface area contributed by atoms with Crippen LogP contribution in [0.15, 0.2) is 6.07 Å². The second-order valence-corrected chi connectivity index (χ2v) is 4.76. The number of aryl methyl sites for hydroxylation is 2. The molecule has 1 saturated heterocycles. The molecule has 0 radical (unpaired) electrons. The van der Waals surface area contributed by atoms with Crippen molar-refractivity contribution in [1.29, 1.82) is 0 Å². The number of rotatable bonds is 2. The molecule has 1 fully saturated rings. The Balaban J connectivity index is 2.06. The second kappa shape index (κ2) is 3.89. The van der Waals surface area contributed by atoms with Crippen molar-refractivity contribution in [2.45, 2.75) is 25.1 Å². The number of amides is 1. The van der Waals surface area contributed by atoms with Crippen molar-refractivity contribution < 1.29 is 4.79 Å². The predicted molar refractivity (Wildman–Crippen MR) is 60.8 cm³/mol. The number of thiol groups is 1. The fraction of sp³-hybridized carbons (Fsp3) is 0.600. The molecule has 1 aliphatic heterocycles. The molecular weight excluding hydrogens is 210 g/mol. The van der Waals surface area contributed by atoms with Crippen molar-refractivity contribution in [1.82, 2.24) is 14.7 Å². The first-order chi connectivity index (χ1) is 7.06. The van der Waals surface area contributed by atoms with Gasteiger partial charge in [0.1, 0.15) is 0 Å². The van der Waals surface area contributed by atoms with Gasteiger partial charge < -0.3 is 4.90 Å². The van der Waals surface area contributed by atoms with E-state index in [1.165, 1.54) is 0 Å². The minimum Gasteiger partial charge on any atom is -0.336 e. The molecule has 1 atom stereocenters. The van der Waals surface area contributed by atoms with E-state index in [1.807, 2.05) is 29.6 Å². The summed E-state index contributed by atoms with van der Waals surface area (Å²) >= 11 is 4.31. The lowest BCUT2D eigenvalue weighted by molar-refractivity contribution is -0.128. The van der Waals surface area contributed by atoms with E-state index in [0.717, 1.165) is 17.9 Å². The fourth-order valence-electron chi connectivity index (χ4n) is 1.81. The topological polar surface area (TPSA) is 38.1 Å². The normalized spacial score (nSPS) is 21.4. The number of hydrogen-bond acceptors (Lipinski definition) is 3. The van der Waals surface area contributed by atoms with Gasteiger partial charge in [0.15, 0.2) is 0 Å². The number of aromatic nitrogens is 2. The average molecular weight is 225 g/mol. The van der Waals surface area contributed by atoms with E-state index in [4.69, 9.17) is 0 Å². The number of likely N-dealkylation sites (tertiary alicyclic amines) is 1. The Morgan fingerprint density at radius 2 is 2.40 bits per heavy atom. The van der Waals surface area contributed by atoms with Gasteiger partial charge in [-0.05, 0) is 13.0 Å². The summed E-state index contributed by atoms with van der Waals surface area (Å²) in [6.45, 7) is 3.35. The SMILES string of the molecule is Cc1cc(CN2CC(S)CC2=O)nn1C. The van der Waals surface area contributed by atoms with Gasteiger partial charge in [0.05, 0.1) is 12.2 Å². The first kappa shape index (κ1) is 10.5. The van der Waals surface area contributed by atoms with Crippen molar-refractivity contribution in [3.8, 4) is 0 Å². The molecular formula is C10H15N3OS. The van der Waals surface area contributed by atoms with Gasteiger partial charge in [-0.3, -0.25) is 9.48 Å². The summed E-state index contributed by atoms with van der Waals surface area (Å²) in [7, 11) is 1.91. The molecule has 0 bridgehead atoms. The minimum atomic E-state index is 0.179. The van der Waals surface area contributed by atoms with Crippen LogP contribution in [0.25, 0.3) is 0 Å². The standard InChI is InChI=1S/C10H15N3OS/c1-7-3-8(11-12(7)2)5-13-6-9(15)4-10(13)14/h3,9,15H,4-6H2,1-2H3. The van der Waals surface area contributed by atoms with Crippen LogP contribution in [0.5, 0.6) is 0 Å². The Morgan fingerprint density at radius 1 is 1.67 bits per heavy atom. The zero-order valence-electron chi connectivity index (χ0n) is 8.97. The summed E-state index contributed by atoms with van der Waals surface area (Å²) in [5.74, 6) is 0.179. The third-order valence-electron chi connectivity index (χ3n) is 2.71. The Kier molecular flexibility index (Phi) is 2.73. The van der Waals surface area contributed by atoms with Gasteiger partial charge in [-0.15, -0.1) is 0 Å². The molecule has 1 aromatic rings. The molecule has 0 saturated carbocycles. The van der Waals surface area contributed by atoms with Crippen molar-refractivity contribution in [3.63, 3.8) is 0 Å². The Bertz CT molecular complexity index is 369. The molecule has 0 spiro atoms. The smallest absolute Gasteiger partial charge is 0.224 e. The summed E-state index contributed by atoms with van der Waals surface area (Å²) in [5.41, 5.74) is 2.06. The van der Waals surface area contributed by atoms with Gasteiger partial charge in [0.25, 0.3) is 0 Å². The van der Waals surface area contributed by atoms with Crippen LogP contribution in [0.2, 0.25) is 0 Å². The maximum absolute atomic E-state index is 11.5. The quantitative estimate of drug-likeness (QED) is 0.755. The number of nitrogens with zero attached hydrogens (tertiary/aromatic N) is 3. The Labute approximate surface area is 94.7 Å². The van der Waals surface area contributed by atoms with Gasteiger partial charge in [-0.2, -0.15) is 17.7 Å². The van der Waals surface area contributed by atoms with Crippen LogP contribution in [0.4, 0.5) is 0 Å². The molecule has 4 nitrogen and oxygen atoms in total. The van der Waals surface area contributed by atoms with Crippen LogP contribution in [0.3, 0.4) is 0 Å². The minimum absolute atomic E-state index is 0.179. The van der Waals surface area contributed by atoms with E-state index in [1.54, 1.807) is 0 Å². The molecule has 0 aromatic carbocycles. The van der Waals surface area contributed by atoms with Gasteiger partial charge in [-0.25, -0.2) is 0 Å². The average Bonchev–Trinajstić information content (AvgIpc) is 2.59. The van der Waals surface area contributed by atoms with E-state index in [9.17, 15) is 4.79 Å². The Morgan fingerprint density at radius 3 is 2.87 bits per heavy atom. The second-order valence-electron chi connectivity index (χ2n) is 4.03. The number of carbonyl (C=O) groups excluding carboxylic acids is 1. The van der Waals surface area contributed by atoms with Crippen molar-refractivity contribution in [2.75, 3.05) is 6.54 Å². The highest BCUT2D eigenvalue weighted by Crippen LogP contribution is 2.18. The molecule has 1 aromatic heterocycles. The molecule has 1 unspecified atom stereocenters. The van der Waals surface area contributed by atoms with Gasteiger partial charge in [0, 0.05) is 31.0 Å². The summed E-state index contributed by atoms with van der Waals surface area (Å²) in [5, 5.41) is 4.51. The third-order valence-corrected chi connectivity index (χ3v) is 3.06. The predicted octanol–water partition coefficient (Wildman–Crippen LogP) is 0.759. The summed E-state index contributed by atoms with van der Waals surface area (Å²) < 4.78 is 1.83. The molecule has 15 heavy (non-hydrogen) atoms. The van der Waals surface area contributed by atoms with Crippen molar-refractivity contribution in [3.05, 3.63) is 17.5 Å². The number of carbonyl (C=O) groups is 1. The zero-order valence-corrected chi connectivity index (χ0v) is 9.87. The van der Waals surface area contributed by atoms with E-state index < -0.39 is 0 Å². The summed E-state index contributed by atoms with van der Waals surface area (Å²) in [6, 6.07) is 2.01. The van der Waals surface area contributed by atoms with Crippen LogP contribution in [0, 0.1) is 6.92 Å². The van der Waals surface area contributed by atoms with Crippen molar-refractivity contribution >= 4 is 18.5 Å². The van der Waals surface area contributed by atoms with Crippen molar-refractivity contribution in [2.24, 2.45) is 7.05 Å². The summed E-state index contributed by atoms with van der Waals surface area (Å²) in [6.07, 6.45) is 0.551. The monoisotopic (exact) mass is 225 g/mol. The fourth-order valence-corrected chi connectivity index (χ4v) is 2.17. The maximum atomic E-state index is 11.5. The largest absolute Gasteiger partial charge is 0.336 e. The van der Waals surface area contributed by atoms with E-state index in [2.05, 4.69) is 17.7 Å². The highest BCUT2D eigenvalue weighted by atomic mass is 32.1. The zero-order chi connectivity index (χ0) is 11.0. The first-order valence-electron chi connectivity index (χ1n) is 5.01. The third kappa shape index (κ3) is 2.17. The van der Waals surface area contributed by atoms with Crippen LogP contribution in [-0.2, 0) is 18.4 Å². The lowest BCUT2D eigenvalue weighted by atomic mass is 10.3. The molecule has 1 amide bonds.